The maximum absolute atomic E-state index is 5.45. The van der Waals surface area contributed by atoms with Gasteiger partial charge < -0.3 is 19.7 Å². The van der Waals surface area contributed by atoms with Gasteiger partial charge >= 0.3 is 0 Å². The third kappa shape index (κ3) is 3.88. The fraction of sp³-hybridized carbons (Fsp3) is 0.381. The number of hydrogen-bond donors (Lipinski definition) is 2. The Bertz CT molecular complexity index is 983. The second-order valence-corrected chi connectivity index (χ2v) is 7.30. The highest BCUT2D eigenvalue weighted by Gasteiger charge is 2.17. The molecule has 4 heterocycles. The minimum Gasteiger partial charge on any atom is -0.454 e. The standard InChI is InChI=1S/C21H24N6O2/c1-2-11-27(10-1)12-4-9-23-20-16(5-3-8-22-20)21-24-19(25-26-21)15-6-7-17-18(13-15)29-14-28-17/h3,5-8,13H,1-2,4,9-12,14H2,(H,22,23)(H,24,25,26). The van der Waals surface area contributed by atoms with Crippen LogP contribution in [0.4, 0.5) is 5.82 Å². The van der Waals surface area contributed by atoms with E-state index in [-0.39, 0.29) is 6.79 Å². The molecule has 1 fully saturated rings. The van der Waals surface area contributed by atoms with Crippen LogP contribution in [0.2, 0.25) is 0 Å². The summed E-state index contributed by atoms with van der Waals surface area (Å²) in [6, 6.07) is 9.62. The van der Waals surface area contributed by atoms with Gasteiger partial charge in [0.25, 0.3) is 0 Å². The molecule has 1 saturated heterocycles. The summed E-state index contributed by atoms with van der Waals surface area (Å²) in [6.45, 7) is 4.72. The molecule has 2 aromatic heterocycles. The van der Waals surface area contributed by atoms with Crippen molar-refractivity contribution >= 4 is 5.82 Å². The molecule has 0 atom stereocenters. The average Bonchev–Trinajstić information content (AvgIpc) is 3.52. The molecule has 0 unspecified atom stereocenters. The van der Waals surface area contributed by atoms with Crippen molar-refractivity contribution in [2.45, 2.75) is 19.3 Å². The number of benzene rings is 1. The summed E-state index contributed by atoms with van der Waals surface area (Å²) in [5.41, 5.74) is 1.79. The first-order valence-corrected chi connectivity index (χ1v) is 10.1. The van der Waals surface area contributed by atoms with Gasteiger partial charge in [-0.1, -0.05) is 0 Å². The van der Waals surface area contributed by atoms with Gasteiger partial charge in [-0.15, -0.1) is 0 Å². The van der Waals surface area contributed by atoms with Crippen LogP contribution in [0.1, 0.15) is 19.3 Å². The van der Waals surface area contributed by atoms with Crippen LogP contribution in [0.25, 0.3) is 22.8 Å². The van der Waals surface area contributed by atoms with Gasteiger partial charge in [0.1, 0.15) is 5.82 Å². The highest BCUT2D eigenvalue weighted by molar-refractivity contribution is 5.71. The van der Waals surface area contributed by atoms with Crippen molar-refractivity contribution in [2.75, 3.05) is 38.3 Å². The lowest BCUT2D eigenvalue weighted by Gasteiger charge is -2.15. The zero-order chi connectivity index (χ0) is 19.5. The minimum atomic E-state index is 0.251. The molecule has 2 N–H and O–H groups in total. The van der Waals surface area contributed by atoms with Gasteiger partial charge in [-0.2, -0.15) is 5.10 Å². The molecule has 0 bridgehead atoms. The zero-order valence-electron chi connectivity index (χ0n) is 16.2. The van der Waals surface area contributed by atoms with E-state index < -0.39 is 0 Å². The molecule has 8 heteroatoms. The quantitative estimate of drug-likeness (QED) is 0.597. The number of aromatic amines is 1. The van der Waals surface area contributed by atoms with E-state index in [9.17, 15) is 0 Å². The summed E-state index contributed by atoms with van der Waals surface area (Å²) in [5, 5.41) is 10.9. The van der Waals surface area contributed by atoms with E-state index in [1.807, 2.05) is 30.3 Å². The van der Waals surface area contributed by atoms with Gasteiger partial charge in [-0.05, 0) is 69.2 Å². The molecule has 8 nitrogen and oxygen atoms in total. The number of hydrogen-bond acceptors (Lipinski definition) is 7. The highest BCUT2D eigenvalue weighted by Crippen LogP contribution is 2.35. The molecule has 5 rings (SSSR count). The summed E-state index contributed by atoms with van der Waals surface area (Å²) in [7, 11) is 0. The Balaban J connectivity index is 1.28. The number of rotatable bonds is 7. The zero-order valence-corrected chi connectivity index (χ0v) is 16.2. The molecule has 29 heavy (non-hydrogen) atoms. The van der Waals surface area contributed by atoms with Crippen molar-refractivity contribution < 1.29 is 9.47 Å². The Labute approximate surface area is 169 Å². The lowest BCUT2D eigenvalue weighted by Crippen LogP contribution is -2.22. The van der Waals surface area contributed by atoms with E-state index in [4.69, 9.17) is 9.47 Å². The highest BCUT2D eigenvalue weighted by atomic mass is 16.7. The Hall–Kier alpha value is -3.13. The molecule has 1 aromatic carbocycles. The molecular weight excluding hydrogens is 368 g/mol. The largest absolute Gasteiger partial charge is 0.454 e. The lowest BCUT2D eigenvalue weighted by molar-refractivity contribution is 0.174. The Morgan fingerprint density at radius 1 is 1.10 bits per heavy atom. The molecule has 150 valence electrons. The second-order valence-electron chi connectivity index (χ2n) is 7.30. The molecule has 3 aromatic rings. The molecule has 0 amide bonds. The van der Waals surface area contributed by atoms with E-state index in [0.717, 1.165) is 48.0 Å². The summed E-state index contributed by atoms with van der Waals surface area (Å²) in [4.78, 5) is 11.7. The van der Waals surface area contributed by atoms with E-state index in [1.165, 1.54) is 25.9 Å². The van der Waals surface area contributed by atoms with Crippen molar-refractivity contribution in [3.63, 3.8) is 0 Å². The number of anilines is 1. The fourth-order valence-electron chi connectivity index (χ4n) is 3.80. The molecule has 0 radical (unpaired) electrons. The van der Waals surface area contributed by atoms with E-state index in [0.29, 0.717) is 11.6 Å². The predicted molar refractivity (Wildman–Crippen MR) is 110 cm³/mol. The summed E-state index contributed by atoms with van der Waals surface area (Å²) < 4.78 is 10.8. The topological polar surface area (TPSA) is 88.2 Å². The summed E-state index contributed by atoms with van der Waals surface area (Å²) >= 11 is 0. The first kappa shape index (κ1) is 17.9. The van der Waals surface area contributed by atoms with Crippen LogP contribution in [-0.2, 0) is 0 Å². The number of nitrogens with zero attached hydrogens (tertiary/aromatic N) is 4. The van der Waals surface area contributed by atoms with Crippen LogP contribution in [0.5, 0.6) is 11.5 Å². The van der Waals surface area contributed by atoms with Gasteiger partial charge in [-0.3, -0.25) is 5.10 Å². The smallest absolute Gasteiger partial charge is 0.231 e. The van der Waals surface area contributed by atoms with E-state index >= 15 is 0 Å². The van der Waals surface area contributed by atoms with Crippen LogP contribution in [0.15, 0.2) is 36.5 Å². The number of likely N-dealkylation sites (tertiary alicyclic amines) is 1. The molecule has 2 aliphatic rings. The monoisotopic (exact) mass is 392 g/mol. The van der Waals surface area contributed by atoms with Crippen LogP contribution in [0.3, 0.4) is 0 Å². The van der Waals surface area contributed by atoms with Crippen LogP contribution in [-0.4, -0.2) is 58.0 Å². The maximum atomic E-state index is 5.45. The Morgan fingerprint density at radius 3 is 2.93 bits per heavy atom. The van der Waals surface area contributed by atoms with Crippen molar-refractivity contribution in [3.05, 3.63) is 36.5 Å². The van der Waals surface area contributed by atoms with E-state index in [2.05, 4.69) is 30.4 Å². The SMILES string of the molecule is c1cnc(NCCCN2CCCC2)c(-c2nc(-c3ccc4c(c3)OCO4)n[nH]2)c1. The Morgan fingerprint density at radius 2 is 2.00 bits per heavy atom. The van der Waals surface area contributed by atoms with E-state index in [1.54, 1.807) is 6.20 Å². The van der Waals surface area contributed by atoms with Crippen molar-refractivity contribution in [1.82, 2.24) is 25.1 Å². The minimum absolute atomic E-state index is 0.251. The van der Waals surface area contributed by atoms with Crippen molar-refractivity contribution in [1.29, 1.82) is 0 Å². The normalized spacial score (nSPS) is 15.7. The summed E-state index contributed by atoms with van der Waals surface area (Å²) in [6.07, 6.45) is 5.54. The number of fused-ring (bicyclic) bond motifs is 1. The maximum Gasteiger partial charge on any atom is 0.231 e. The molecule has 0 spiro atoms. The first-order valence-electron chi connectivity index (χ1n) is 10.1. The van der Waals surface area contributed by atoms with Gasteiger partial charge in [0.05, 0.1) is 5.56 Å². The van der Waals surface area contributed by atoms with Crippen molar-refractivity contribution in [3.8, 4) is 34.3 Å². The molecule has 0 saturated carbocycles. The number of aromatic nitrogens is 4. The second kappa shape index (κ2) is 8.08. The Kier molecular flexibility index (Phi) is 5.00. The van der Waals surface area contributed by atoms with Crippen LogP contribution < -0.4 is 14.8 Å². The third-order valence-electron chi connectivity index (χ3n) is 5.32. The molecule has 2 aliphatic heterocycles. The molecule has 0 aliphatic carbocycles. The lowest BCUT2D eigenvalue weighted by atomic mass is 10.2. The average molecular weight is 392 g/mol. The van der Waals surface area contributed by atoms with Crippen LogP contribution >= 0.6 is 0 Å². The van der Waals surface area contributed by atoms with Crippen LogP contribution in [0, 0.1) is 0 Å². The first-order chi connectivity index (χ1) is 14.4. The van der Waals surface area contributed by atoms with Gasteiger partial charge in [0.15, 0.2) is 23.1 Å². The predicted octanol–water partition coefficient (Wildman–Crippen LogP) is 3.16. The van der Waals surface area contributed by atoms with Gasteiger partial charge in [0, 0.05) is 18.3 Å². The number of nitrogens with one attached hydrogen (secondary N) is 2. The number of ether oxygens (including phenoxy) is 2. The van der Waals surface area contributed by atoms with Gasteiger partial charge in [0.2, 0.25) is 6.79 Å². The fourth-order valence-corrected chi connectivity index (χ4v) is 3.80. The summed E-state index contributed by atoms with van der Waals surface area (Å²) in [5.74, 6) is 3.59. The number of H-pyrrole nitrogens is 1. The number of pyridine rings is 1. The van der Waals surface area contributed by atoms with Gasteiger partial charge in [-0.25, -0.2) is 9.97 Å². The van der Waals surface area contributed by atoms with Crippen molar-refractivity contribution in [2.24, 2.45) is 0 Å². The third-order valence-corrected chi connectivity index (χ3v) is 5.32. The molecular formula is C21H24N6O2.